The van der Waals surface area contributed by atoms with Gasteiger partial charge in [0.05, 0.1) is 0 Å². The normalized spacial score (nSPS) is 11.2. The number of benzene rings is 1. The summed E-state index contributed by atoms with van der Waals surface area (Å²) in [5.41, 5.74) is 6.76. The fourth-order valence-corrected chi connectivity index (χ4v) is 4.22. The van der Waals surface area contributed by atoms with Crippen molar-refractivity contribution in [1.29, 1.82) is 0 Å². The van der Waals surface area contributed by atoms with Gasteiger partial charge in [0.15, 0.2) is 0 Å². The smallest absolute Gasteiger partial charge is 0.0159 e. The lowest BCUT2D eigenvalue weighted by atomic mass is 9.89. The van der Waals surface area contributed by atoms with Crippen molar-refractivity contribution in [2.75, 3.05) is 33.7 Å². The van der Waals surface area contributed by atoms with Crippen LogP contribution in [0.4, 0.5) is 0 Å². The number of unbranched alkanes of at least 4 members (excludes halogenated alkanes) is 5. The molecule has 0 radical (unpaired) electrons. The standard InChI is InChI=1S/C23H35N.C10H23N.C2H6/c1-7-8-11-21-13-14-22(15-20(21)6)23(12-9-10-18(2)3)17-24-16-19(4)5;1-4-5-6-7-8-9-10-11(2)3;1-2/h7,13-15,23-24H,1-2,4,8-12,16-17H2,3,5-6H3;4-10H2,1-3H3;1-2H3. The summed E-state index contributed by atoms with van der Waals surface area (Å²) >= 11 is 0. The Balaban J connectivity index is 0. The molecule has 0 aliphatic heterocycles. The Hall–Kier alpha value is -1.64. The van der Waals surface area contributed by atoms with Gasteiger partial charge in [-0.05, 0) is 103 Å². The molecule has 214 valence electrons. The topological polar surface area (TPSA) is 15.3 Å². The van der Waals surface area contributed by atoms with Gasteiger partial charge in [0.1, 0.15) is 0 Å². The SMILES string of the molecule is C=CCCc1ccc(C(CCCC(=C)C)CNCC(=C)C)cc1C.CC.CCCCCCCCN(C)C. The van der Waals surface area contributed by atoms with Crippen molar-refractivity contribution in [3.8, 4) is 0 Å². The fourth-order valence-electron chi connectivity index (χ4n) is 4.22. The van der Waals surface area contributed by atoms with Crippen molar-refractivity contribution in [2.24, 2.45) is 0 Å². The first kappa shape index (κ1) is 37.5. The Morgan fingerprint density at radius 2 is 1.62 bits per heavy atom. The molecule has 1 aromatic carbocycles. The molecule has 0 fully saturated rings. The van der Waals surface area contributed by atoms with Crippen molar-refractivity contribution < 1.29 is 0 Å². The van der Waals surface area contributed by atoms with E-state index in [0.29, 0.717) is 5.92 Å². The summed E-state index contributed by atoms with van der Waals surface area (Å²) in [6.45, 7) is 27.7. The van der Waals surface area contributed by atoms with Gasteiger partial charge in [-0.2, -0.15) is 0 Å². The molecule has 1 unspecified atom stereocenters. The molecule has 0 amide bonds. The van der Waals surface area contributed by atoms with E-state index in [1.807, 2.05) is 19.9 Å². The molecule has 0 bridgehead atoms. The third-order valence-corrected chi connectivity index (χ3v) is 6.39. The lowest BCUT2D eigenvalue weighted by Crippen LogP contribution is -2.23. The molecule has 37 heavy (non-hydrogen) atoms. The van der Waals surface area contributed by atoms with Crippen molar-refractivity contribution in [3.05, 3.63) is 71.8 Å². The quantitative estimate of drug-likeness (QED) is 0.146. The predicted octanol–water partition coefficient (Wildman–Crippen LogP) is 10.0. The minimum Gasteiger partial charge on any atom is -0.312 e. The van der Waals surface area contributed by atoms with Gasteiger partial charge >= 0.3 is 0 Å². The highest BCUT2D eigenvalue weighted by Crippen LogP contribution is 2.25. The zero-order chi connectivity index (χ0) is 28.5. The van der Waals surface area contributed by atoms with E-state index in [4.69, 9.17) is 0 Å². The van der Waals surface area contributed by atoms with E-state index < -0.39 is 0 Å². The van der Waals surface area contributed by atoms with Crippen LogP contribution in [-0.4, -0.2) is 38.6 Å². The summed E-state index contributed by atoms with van der Waals surface area (Å²) in [7, 11) is 4.29. The fraction of sp³-hybridized carbons (Fsp3) is 0.657. The van der Waals surface area contributed by atoms with E-state index in [0.717, 1.165) is 32.4 Å². The molecule has 0 aliphatic rings. The van der Waals surface area contributed by atoms with Crippen LogP contribution in [0.25, 0.3) is 0 Å². The Morgan fingerprint density at radius 3 is 2.16 bits per heavy atom. The first-order valence-electron chi connectivity index (χ1n) is 15.1. The molecule has 2 nitrogen and oxygen atoms in total. The van der Waals surface area contributed by atoms with Crippen LogP contribution in [-0.2, 0) is 6.42 Å². The van der Waals surface area contributed by atoms with Crippen molar-refractivity contribution in [3.63, 3.8) is 0 Å². The highest BCUT2D eigenvalue weighted by Gasteiger charge is 2.12. The van der Waals surface area contributed by atoms with E-state index in [-0.39, 0.29) is 0 Å². The van der Waals surface area contributed by atoms with E-state index in [1.165, 1.54) is 85.7 Å². The van der Waals surface area contributed by atoms with Gasteiger partial charge in [-0.1, -0.05) is 94.9 Å². The maximum absolute atomic E-state index is 4.03. The van der Waals surface area contributed by atoms with Crippen molar-refractivity contribution in [1.82, 2.24) is 10.2 Å². The average Bonchev–Trinajstić information content (AvgIpc) is 2.85. The summed E-state index contributed by atoms with van der Waals surface area (Å²) < 4.78 is 0. The second-order valence-electron chi connectivity index (χ2n) is 10.7. The van der Waals surface area contributed by atoms with E-state index in [9.17, 15) is 0 Å². The molecule has 0 aromatic heterocycles. The maximum atomic E-state index is 4.03. The molecule has 0 spiro atoms. The third kappa shape index (κ3) is 23.2. The van der Waals surface area contributed by atoms with Crippen LogP contribution in [0, 0.1) is 6.92 Å². The second-order valence-corrected chi connectivity index (χ2v) is 10.7. The lowest BCUT2D eigenvalue weighted by molar-refractivity contribution is 0.389. The van der Waals surface area contributed by atoms with Crippen LogP contribution in [0.2, 0.25) is 0 Å². The maximum Gasteiger partial charge on any atom is 0.0159 e. The molecule has 1 rings (SSSR count). The number of allylic oxidation sites excluding steroid dienone is 2. The summed E-state index contributed by atoms with van der Waals surface area (Å²) in [6, 6.07) is 7.00. The predicted molar refractivity (Wildman–Crippen MR) is 172 cm³/mol. The number of aryl methyl sites for hydroxylation is 2. The minimum absolute atomic E-state index is 0.552. The number of nitrogens with zero attached hydrogens (tertiary/aromatic N) is 1. The number of nitrogens with one attached hydrogen (secondary N) is 1. The first-order valence-corrected chi connectivity index (χ1v) is 15.1. The highest BCUT2D eigenvalue weighted by atomic mass is 15.0. The molecule has 0 saturated carbocycles. The van der Waals surface area contributed by atoms with Crippen LogP contribution < -0.4 is 5.32 Å². The van der Waals surface area contributed by atoms with Gasteiger partial charge in [-0.15, -0.1) is 13.2 Å². The average molecular weight is 513 g/mol. The molecule has 0 aliphatic carbocycles. The first-order chi connectivity index (χ1) is 17.7. The van der Waals surface area contributed by atoms with Gasteiger partial charge in [0.25, 0.3) is 0 Å². The molecular weight excluding hydrogens is 448 g/mol. The van der Waals surface area contributed by atoms with E-state index in [1.54, 1.807) is 0 Å². The van der Waals surface area contributed by atoms with Crippen LogP contribution in [0.1, 0.15) is 121 Å². The van der Waals surface area contributed by atoms with Crippen molar-refractivity contribution in [2.45, 2.75) is 118 Å². The van der Waals surface area contributed by atoms with E-state index in [2.05, 4.69) is 89.9 Å². The molecular formula is C35H64N2. The highest BCUT2D eigenvalue weighted by molar-refractivity contribution is 5.33. The molecule has 1 N–H and O–H groups in total. The largest absolute Gasteiger partial charge is 0.312 e. The number of hydrogen-bond acceptors (Lipinski definition) is 2. The van der Waals surface area contributed by atoms with Crippen LogP contribution in [0.5, 0.6) is 0 Å². The zero-order valence-corrected chi connectivity index (χ0v) is 26.4. The van der Waals surface area contributed by atoms with Crippen LogP contribution >= 0.6 is 0 Å². The monoisotopic (exact) mass is 513 g/mol. The van der Waals surface area contributed by atoms with Gasteiger partial charge in [0, 0.05) is 13.1 Å². The Bertz CT molecular complexity index is 681. The van der Waals surface area contributed by atoms with Crippen LogP contribution in [0.15, 0.2) is 55.2 Å². The second kappa shape index (κ2) is 26.0. The number of rotatable bonds is 19. The minimum atomic E-state index is 0.552. The summed E-state index contributed by atoms with van der Waals surface area (Å²) in [5, 5.41) is 3.55. The Kier molecular flexibility index (Phi) is 26.3. The zero-order valence-electron chi connectivity index (χ0n) is 26.4. The molecule has 1 aromatic rings. The van der Waals surface area contributed by atoms with Crippen LogP contribution in [0.3, 0.4) is 0 Å². The van der Waals surface area contributed by atoms with Crippen molar-refractivity contribution >= 4 is 0 Å². The van der Waals surface area contributed by atoms with Gasteiger partial charge in [-0.3, -0.25) is 0 Å². The van der Waals surface area contributed by atoms with Gasteiger partial charge < -0.3 is 10.2 Å². The molecule has 2 heteroatoms. The summed E-state index contributed by atoms with van der Waals surface area (Å²) in [6.07, 6.45) is 16.1. The van der Waals surface area contributed by atoms with Gasteiger partial charge in [-0.25, -0.2) is 0 Å². The number of hydrogen-bond donors (Lipinski definition) is 1. The Morgan fingerprint density at radius 1 is 0.973 bits per heavy atom. The lowest BCUT2D eigenvalue weighted by Gasteiger charge is -2.20. The third-order valence-electron chi connectivity index (χ3n) is 6.39. The Labute approximate surface area is 233 Å². The summed E-state index contributed by atoms with van der Waals surface area (Å²) in [4.78, 5) is 2.26. The van der Waals surface area contributed by atoms with E-state index >= 15 is 0 Å². The summed E-state index contributed by atoms with van der Waals surface area (Å²) in [5.74, 6) is 0.552. The molecule has 1 atom stereocenters. The van der Waals surface area contributed by atoms with Gasteiger partial charge in [0.2, 0.25) is 0 Å². The molecule has 0 saturated heterocycles. The molecule has 0 heterocycles.